The zero-order valence-electron chi connectivity index (χ0n) is 12.5. The van der Waals surface area contributed by atoms with Gasteiger partial charge in [-0.3, -0.25) is 10.1 Å². The normalized spacial score (nSPS) is 10.2. The third-order valence-corrected chi connectivity index (χ3v) is 3.61. The molecular formula is C14H14N4O4S. The molecule has 0 aliphatic rings. The molecule has 0 saturated carbocycles. The molecule has 0 unspecified atom stereocenters. The zero-order chi connectivity index (χ0) is 16.8. The van der Waals surface area contributed by atoms with Crippen molar-refractivity contribution in [3.63, 3.8) is 0 Å². The van der Waals surface area contributed by atoms with E-state index in [2.05, 4.69) is 9.97 Å². The number of ether oxygens (including phenoxy) is 1. The monoisotopic (exact) mass is 334 g/mol. The summed E-state index contributed by atoms with van der Waals surface area (Å²) in [6.07, 6.45) is 0.985. The van der Waals surface area contributed by atoms with Gasteiger partial charge in [-0.05, 0) is 5.56 Å². The molecule has 0 aliphatic carbocycles. The van der Waals surface area contributed by atoms with Crippen molar-refractivity contribution in [1.82, 2.24) is 14.9 Å². The van der Waals surface area contributed by atoms with E-state index in [-0.39, 0.29) is 11.6 Å². The summed E-state index contributed by atoms with van der Waals surface area (Å²) in [6.45, 7) is 0. The zero-order valence-corrected chi connectivity index (χ0v) is 13.3. The molecule has 1 aromatic heterocycles. The number of thioether (sulfide) groups is 1. The van der Waals surface area contributed by atoms with Gasteiger partial charge in [0.15, 0.2) is 5.16 Å². The van der Waals surface area contributed by atoms with Gasteiger partial charge in [0, 0.05) is 44.2 Å². The average molecular weight is 334 g/mol. The molecule has 9 heteroatoms. The maximum absolute atomic E-state index is 11.5. The summed E-state index contributed by atoms with van der Waals surface area (Å²) in [5.41, 5.74) is 0.951. The van der Waals surface area contributed by atoms with Crippen LogP contribution in [0.15, 0.2) is 41.7 Å². The van der Waals surface area contributed by atoms with E-state index in [1.54, 1.807) is 26.2 Å². The predicted octanol–water partition coefficient (Wildman–Crippen LogP) is 2.74. The largest absolute Gasteiger partial charge is 0.416 e. The van der Waals surface area contributed by atoms with Gasteiger partial charge < -0.3 is 9.64 Å². The summed E-state index contributed by atoms with van der Waals surface area (Å²) in [5.74, 6) is 0.716. The Kier molecular flexibility index (Phi) is 5.47. The van der Waals surface area contributed by atoms with Crippen molar-refractivity contribution in [3.05, 3.63) is 52.2 Å². The van der Waals surface area contributed by atoms with E-state index >= 15 is 0 Å². The highest BCUT2D eigenvalue weighted by Gasteiger charge is 2.09. The molecule has 0 bridgehead atoms. The second-order valence-corrected chi connectivity index (χ2v) is 5.59. The molecule has 1 aromatic carbocycles. The summed E-state index contributed by atoms with van der Waals surface area (Å²) in [6, 6.07) is 7.76. The topological polar surface area (TPSA) is 98.5 Å². The van der Waals surface area contributed by atoms with E-state index in [1.807, 2.05) is 0 Å². The minimum Gasteiger partial charge on any atom is -0.391 e. The fourth-order valence-electron chi connectivity index (χ4n) is 1.49. The molecule has 0 atom stereocenters. The van der Waals surface area contributed by atoms with Gasteiger partial charge in [-0.1, -0.05) is 23.9 Å². The first-order valence-electron chi connectivity index (χ1n) is 6.54. The Morgan fingerprint density at radius 3 is 2.61 bits per heavy atom. The molecular weight excluding hydrogens is 320 g/mol. The first-order chi connectivity index (χ1) is 11.0. The lowest BCUT2D eigenvalue weighted by atomic mass is 10.2. The molecule has 1 heterocycles. The molecule has 0 saturated heterocycles. The van der Waals surface area contributed by atoms with Crippen LogP contribution >= 0.6 is 11.8 Å². The van der Waals surface area contributed by atoms with Crippen LogP contribution in [0.25, 0.3) is 0 Å². The molecule has 0 aliphatic heterocycles. The molecule has 0 fully saturated rings. The van der Waals surface area contributed by atoms with Crippen LogP contribution < -0.4 is 4.74 Å². The summed E-state index contributed by atoms with van der Waals surface area (Å²) in [7, 11) is 3.15. The third-order valence-electron chi connectivity index (χ3n) is 2.68. The number of nitro benzene ring substituents is 1. The average Bonchev–Trinajstić information content (AvgIpc) is 2.53. The predicted molar refractivity (Wildman–Crippen MR) is 84.4 cm³/mol. The van der Waals surface area contributed by atoms with E-state index < -0.39 is 11.0 Å². The highest BCUT2D eigenvalue weighted by Crippen LogP contribution is 2.22. The maximum Gasteiger partial charge on any atom is 0.416 e. The summed E-state index contributed by atoms with van der Waals surface area (Å²) < 4.78 is 5.06. The van der Waals surface area contributed by atoms with Crippen molar-refractivity contribution >= 4 is 23.5 Å². The molecule has 0 radical (unpaired) electrons. The van der Waals surface area contributed by atoms with Crippen LogP contribution in [-0.2, 0) is 5.75 Å². The van der Waals surface area contributed by atoms with Gasteiger partial charge >= 0.3 is 6.09 Å². The summed E-state index contributed by atoms with van der Waals surface area (Å²) in [5, 5.41) is 11.1. The van der Waals surface area contributed by atoms with Crippen LogP contribution in [0.2, 0.25) is 0 Å². The minimum atomic E-state index is -0.519. The third kappa shape index (κ3) is 4.92. The number of carbonyl (C=O) groups is 1. The van der Waals surface area contributed by atoms with Crippen LogP contribution in [0.3, 0.4) is 0 Å². The number of rotatable bonds is 5. The number of carbonyl (C=O) groups excluding carboxylic acids is 1. The highest BCUT2D eigenvalue weighted by molar-refractivity contribution is 7.98. The Balaban J connectivity index is 1.97. The first-order valence-corrected chi connectivity index (χ1v) is 7.52. The summed E-state index contributed by atoms with van der Waals surface area (Å²) in [4.78, 5) is 31.1. The number of hydrogen-bond donors (Lipinski definition) is 0. The molecule has 0 spiro atoms. The van der Waals surface area contributed by atoms with Crippen LogP contribution in [0, 0.1) is 10.1 Å². The van der Waals surface area contributed by atoms with E-state index in [0.29, 0.717) is 10.9 Å². The van der Waals surface area contributed by atoms with Gasteiger partial charge in [-0.2, -0.15) is 4.98 Å². The van der Waals surface area contributed by atoms with Crippen LogP contribution in [-0.4, -0.2) is 40.0 Å². The Bertz CT molecular complexity index is 706. The van der Waals surface area contributed by atoms with Gasteiger partial charge in [0.25, 0.3) is 5.69 Å². The van der Waals surface area contributed by atoms with Gasteiger partial charge in [0.1, 0.15) is 0 Å². The molecule has 8 nitrogen and oxygen atoms in total. The number of nitro groups is 1. The van der Waals surface area contributed by atoms with Gasteiger partial charge in [0.05, 0.1) is 4.92 Å². The maximum atomic E-state index is 11.5. The lowest BCUT2D eigenvalue weighted by Gasteiger charge is -2.10. The number of non-ortho nitro benzene ring substituents is 1. The Labute approximate surface area is 136 Å². The van der Waals surface area contributed by atoms with Crippen molar-refractivity contribution in [2.45, 2.75) is 10.9 Å². The van der Waals surface area contributed by atoms with Crippen LogP contribution in [0.5, 0.6) is 5.88 Å². The molecule has 2 aromatic rings. The van der Waals surface area contributed by atoms with Gasteiger partial charge in [-0.25, -0.2) is 9.78 Å². The van der Waals surface area contributed by atoms with Crippen molar-refractivity contribution in [2.24, 2.45) is 0 Å². The lowest BCUT2D eigenvalue weighted by Crippen LogP contribution is -2.25. The van der Waals surface area contributed by atoms with Crippen LogP contribution in [0.4, 0.5) is 10.5 Å². The Morgan fingerprint density at radius 2 is 2.00 bits per heavy atom. The Morgan fingerprint density at radius 1 is 1.30 bits per heavy atom. The minimum absolute atomic E-state index is 0.0487. The Hall–Kier alpha value is -2.68. The molecule has 2 rings (SSSR count). The number of amides is 1. The molecule has 0 N–H and O–H groups in total. The van der Waals surface area contributed by atoms with Crippen molar-refractivity contribution in [2.75, 3.05) is 14.1 Å². The quantitative estimate of drug-likeness (QED) is 0.359. The van der Waals surface area contributed by atoms with E-state index in [0.717, 1.165) is 5.56 Å². The fourth-order valence-corrected chi connectivity index (χ4v) is 2.27. The molecule has 120 valence electrons. The van der Waals surface area contributed by atoms with E-state index in [9.17, 15) is 14.9 Å². The lowest BCUT2D eigenvalue weighted by molar-refractivity contribution is -0.384. The van der Waals surface area contributed by atoms with Crippen molar-refractivity contribution in [1.29, 1.82) is 0 Å². The van der Waals surface area contributed by atoms with E-state index in [4.69, 9.17) is 4.74 Å². The first kappa shape index (κ1) is 16.7. The smallest absolute Gasteiger partial charge is 0.391 e. The number of nitrogens with zero attached hydrogens (tertiary/aromatic N) is 4. The fraction of sp³-hybridized carbons (Fsp3) is 0.214. The number of benzene rings is 1. The van der Waals surface area contributed by atoms with Crippen molar-refractivity contribution < 1.29 is 14.5 Å². The van der Waals surface area contributed by atoms with Crippen LogP contribution in [0.1, 0.15) is 5.56 Å². The SMILES string of the molecule is CN(C)C(=O)Oc1ccnc(SCc2ccc([N+](=O)[O-])cc2)n1. The standard InChI is InChI=1S/C14H14N4O4S/c1-17(2)14(19)22-12-7-8-15-13(16-12)23-9-10-3-5-11(6-4-10)18(20)21/h3-8H,9H2,1-2H3. The number of aromatic nitrogens is 2. The van der Waals surface area contributed by atoms with Gasteiger partial charge in [-0.15, -0.1) is 0 Å². The molecule has 23 heavy (non-hydrogen) atoms. The molecule has 1 amide bonds. The second kappa shape index (κ2) is 7.54. The van der Waals surface area contributed by atoms with Gasteiger partial charge in [0.2, 0.25) is 5.88 Å². The second-order valence-electron chi connectivity index (χ2n) is 4.65. The highest BCUT2D eigenvalue weighted by atomic mass is 32.2. The van der Waals surface area contributed by atoms with Crippen molar-refractivity contribution in [3.8, 4) is 5.88 Å². The number of hydrogen-bond acceptors (Lipinski definition) is 7. The van der Waals surface area contributed by atoms with E-state index in [1.165, 1.54) is 41.1 Å². The summed E-state index contributed by atoms with van der Waals surface area (Å²) >= 11 is 1.34.